The fourth-order valence-electron chi connectivity index (χ4n) is 1.71. The maximum atomic E-state index is 10.7. The maximum absolute atomic E-state index is 10.7. The minimum atomic E-state index is -0.789. The molecule has 3 N–H and O–H groups in total. The molecule has 3 heteroatoms. The van der Waals surface area contributed by atoms with Crippen LogP contribution >= 0.6 is 0 Å². The fraction of sp³-hybridized carbons (Fsp3) is 0.917. The van der Waals surface area contributed by atoms with Crippen LogP contribution in [0, 0.1) is 11.8 Å². The third-order valence-corrected chi connectivity index (χ3v) is 3.01. The number of aliphatic carboxylic acids is 1. The first-order chi connectivity index (χ1) is 6.99. The molecule has 0 aliphatic carbocycles. The topological polar surface area (TPSA) is 63.3 Å². The summed E-state index contributed by atoms with van der Waals surface area (Å²) in [6.45, 7) is 6.03. The molecule has 0 aliphatic rings. The van der Waals surface area contributed by atoms with E-state index in [1.165, 1.54) is 19.3 Å². The summed E-state index contributed by atoms with van der Waals surface area (Å²) in [6, 6.07) is -0.209. The summed E-state index contributed by atoms with van der Waals surface area (Å²) in [5, 5.41) is 8.80. The molecule has 0 aromatic carbocycles. The minimum Gasteiger partial charge on any atom is -0.481 e. The average molecular weight is 215 g/mol. The lowest BCUT2D eigenvalue weighted by Gasteiger charge is -2.20. The summed E-state index contributed by atoms with van der Waals surface area (Å²) in [6.07, 6.45) is 5.69. The van der Waals surface area contributed by atoms with E-state index in [0.717, 1.165) is 12.8 Å². The van der Waals surface area contributed by atoms with Gasteiger partial charge in [0.1, 0.15) is 0 Å². The van der Waals surface area contributed by atoms with E-state index in [1.54, 1.807) is 6.92 Å². The van der Waals surface area contributed by atoms with Crippen LogP contribution in [-0.2, 0) is 4.79 Å². The van der Waals surface area contributed by atoms with Crippen molar-refractivity contribution < 1.29 is 9.90 Å². The zero-order valence-corrected chi connectivity index (χ0v) is 10.2. The molecule has 0 saturated carbocycles. The van der Waals surface area contributed by atoms with E-state index < -0.39 is 11.9 Å². The number of unbranched alkanes of at least 4 members (excludes halogenated alkanes) is 2. The normalized spacial score (nSPS) is 17.1. The predicted octanol–water partition coefficient (Wildman–Crippen LogP) is 2.64. The molecule has 0 aromatic rings. The molecule has 0 radical (unpaired) electrons. The van der Waals surface area contributed by atoms with E-state index >= 15 is 0 Å². The molecule has 1 unspecified atom stereocenters. The van der Waals surface area contributed by atoms with Crippen LogP contribution in [0.3, 0.4) is 0 Å². The second kappa shape index (κ2) is 7.69. The van der Waals surface area contributed by atoms with Gasteiger partial charge in [-0.15, -0.1) is 0 Å². The van der Waals surface area contributed by atoms with Gasteiger partial charge in [-0.3, -0.25) is 4.79 Å². The highest BCUT2D eigenvalue weighted by atomic mass is 16.4. The molecule has 0 bridgehead atoms. The molecule has 0 rings (SSSR count). The quantitative estimate of drug-likeness (QED) is 0.612. The second-order valence-corrected chi connectivity index (χ2v) is 4.63. The number of hydrogen-bond acceptors (Lipinski definition) is 2. The van der Waals surface area contributed by atoms with Crippen molar-refractivity contribution in [2.24, 2.45) is 17.6 Å². The fourth-order valence-corrected chi connectivity index (χ4v) is 1.71. The van der Waals surface area contributed by atoms with Crippen LogP contribution in [0.1, 0.15) is 52.9 Å². The smallest absolute Gasteiger partial charge is 0.307 e. The molecular formula is C12H25NO2. The van der Waals surface area contributed by atoms with Gasteiger partial charge in [0, 0.05) is 6.04 Å². The van der Waals surface area contributed by atoms with Crippen molar-refractivity contribution in [3.63, 3.8) is 0 Å². The Morgan fingerprint density at radius 3 is 2.40 bits per heavy atom. The molecular weight excluding hydrogens is 190 g/mol. The first-order valence-corrected chi connectivity index (χ1v) is 5.97. The maximum Gasteiger partial charge on any atom is 0.307 e. The first-order valence-electron chi connectivity index (χ1n) is 5.97. The number of carboxylic acid groups (broad SMARTS) is 1. The number of nitrogens with two attached hydrogens (primary N) is 1. The van der Waals surface area contributed by atoms with Crippen LogP contribution < -0.4 is 5.73 Å². The van der Waals surface area contributed by atoms with Crippen LogP contribution in [0.15, 0.2) is 0 Å². The van der Waals surface area contributed by atoms with Gasteiger partial charge in [-0.2, -0.15) is 0 Å². The van der Waals surface area contributed by atoms with Crippen molar-refractivity contribution in [3.05, 3.63) is 0 Å². The van der Waals surface area contributed by atoms with Crippen molar-refractivity contribution in [2.45, 2.75) is 58.9 Å². The van der Waals surface area contributed by atoms with E-state index in [4.69, 9.17) is 10.8 Å². The van der Waals surface area contributed by atoms with E-state index in [9.17, 15) is 4.79 Å². The Labute approximate surface area is 93.0 Å². The van der Waals surface area contributed by atoms with E-state index in [-0.39, 0.29) is 6.04 Å². The third-order valence-electron chi connectivity index (χ3n) is 3.01. The average Bonchev–Trinajstić information content (AvgIpc) is 2.16. The predicted molar refractivity (Wildman–Crippen MR) is 62.7 cm³/mol. The summed E-state index contributed by atoms with van der Waals surface area (Å²) in [5.74, 6) is -0.685. The first kappa shape index (κ1) is 14.4. The minimum absolute atomic E-state index is 0.209. The molecule has 0 amide bonds. The van der Waals surface area contributed by atoms with Crippen molar-refractivity contribution in [3.8, 4) is 0 Å². The van der Waals surface area contributed by atoms with E-state index in [0.29, 0.717) is 5.92 Å². The van der Waals surface area contributed by atoms with Crippen molar-refractivity contribution in [1.29, 1.82) is 0 Å². The van der Waals surface area contributed by atoms with Crippen LogP contribution in [0.2, 0.25) is 0 Å². The van der Waals surface area contributed by atoms with Gasteiger partial charge in [0.2, 0.25) is 0 Å². The molecule has 15 heavy (non-hydrogen) atoms. The SMILES string of the molecule is CCCCC[C@@H](C)C[C@H](N)C(C)C(=O)O. The number of carboxylic acids is 1. The Morgan fingerprint density at radius 1 is 1.33 bits per heavy atom. The Morgan fingerprint density at radius 2 is 1.93 bits per heavy atom. The summed E-state index contributed by atoms with van der Waals surface area (Å²) < 4.78 is 0. The zero-order chi connectivity index (χ0) is 11.8. The molecule has 3 nitrogen and oxygen atoms in total. The van der Waals surface area contributed by atoms with Crippen LogP contribution in [-0.4, -0.2) is 17.1 Å². The molecule has 90 valence electrons. The molecule has 3 atom stereocenters. The number of rotatable bonds is 8. The highest BCUT2D eigenvalue weighted by molar-refractivity contribution is 5.70. The Bertz CT molecular complexity index is 182. The van der Waals surface area contributed by atoms with Gasteiger partial charge in [0.15, 0.2) is 0 Å². The molecule has 0 aromatic heterocycles. The summed E-state index contributed by atoms with van der Waals surface area (Å²) in [7, 11) is 0. The van der Waals surface area contributed by atoms with Gasteiger partial charge >= 0.3 is 5.97 Å². The van der Waals surface area contributed by atoms with Gasteiger partial charge in [-0.25, -0.2) is 0 Å². The summed E-state index contributed by atoms with van der Waals surface area (Å²) in [4.78, 5) is 10.7. The lowest BCUT2D eigenvalue weighted by molar-refractivity contribution is -0.141. The van der Waals surface area contributed by atoms with E-state index in [2.05, 4.69) is 13.8 Å². The lowest BCUT2D eigenvalue weighted by atomic mass is 9.90. The molecule has 0 saturated heterocycles. The van der Waals surface area contributed by atoms with Crippen LogP contribution in [0.25, 0.3) is 0 Å². The van der Waals surface area contributed by atoms with Crippen molar-refractivity contribution in [1.82, 2.24) is 0 Å². The van der Waals surface area contributed by atoms with Gasteiger partial charge < -0.3 is 10.8 Å². The monoisotopic (exact) mass is 215 g/mol. The second-order valence-electron chi connectivity index (χ2n) is 4.63. The highest BCUT2D eigenvalue weighted by Gasteiger charge is 2.21. The summed E-state index contributed by atoms with van der Waals surface area (Å²) >= 11 is 0. The van der Waals surface area contributed by atoms with E-state index in [1.807, 2.05) is 0 Å². The van der Waals surface area contributed by atoms with Gasteiger partial charge in [0.25, 0.3) is 0 Å². The van der Waals surface area contributed by atoms with Crippen molar-refractivity contribution >= 4 is 5.97 Å². The Kier molecular flexibility index (Phi) is 7.39. The molecule has 0 spiro atoms. The standard InChI is InChI=1S/C12H25NO2/c1-4-5-6-7-9(2)8-11(13)10(3)12(14)15/h9-11H,4-8,13H2,1-3H3,(H,14,15)/t9-,10?,11+/m1/s1. The molecule has 0 fully saturated rings. The third kappa shape index (κ3) is 6.50. The zero-order valence-electron chi connectivity index (χ0n) is 10.2. The number of hydrogen-bond donors (Lipinski definition) is 2. The van der Waals surface area contributed by atoms with Gasteiger partial charge in [-0.05, 0) is 12.3 Å². The van der Waals surface area contributed by atoms with Crippen LogP contribution in [0.5, 0.6) is 0 Å². The lowest BCUT2D eigenvalue weighted by Crippen LogP contribution is -2.34. The Balaban J connectivity index is 3.75. The highest BCUT2D eigenvalue weighted by Crippen LogP contribution is 2.17. The van der Waals surface area contributed by atoms with Gasteiger partial charge in [0.05, 0.1) is 5.92 Å². The largest absolute Gasteiger partial charge is 0.481 e. The van der Waals surface area contributed by atoms with Crippen molar-refractivity contribution in [2.75, 3.05) is 0 Å². The number of carbonyl (C=O) groups is 1. The molecule has 0 aliphatic heterocycles. The Hall–Kier alpha value is -0.570. The molecule has 0 heterocycles. The summed E-state index contributed by atoms with van der Waals surface area (Å²) in [5.41, 5.74) is 5.84. The van der Waals surface area contributed by atoms with Crippen LogP contribution in [0.4, 0.5) is 0 Å². The van der Waals surface area contributed by atoms with Gasteiger partial charge in [-0.1, -0.05) is 46.5 Å².